The van der Waals surface area contributed by atoms with Crippen LogP contribution in [-0.2, 0) is 4.79 Å². The van der Waals surface area contributed by atoms with Crippen molar-refractivity contribution in [3.05, 3.63) is 0 Å². The van der Waals surface area contributed by atoms with E-state index in [2.05, 4.69) is 17.1 Å². The van der Waals surface area contributed by atoms with Crippen molar-refractivity contribution in [1.82, 2.24) is 10.2 Å². The number of amides is 1. The summed E-state index contributed by atoms with van der Waals surface area (Å²) in [5, 5.41) is 3.43. The van der Waals surface area contributed by atoms with Crippen molar-refractivity contribution in [3.8, 4) is 0 Å². The maximum absolute atomic E-state index is 12.1. The fourth-order valence-electron chi connectivity index (χ4n) is 2.59. The van der Waals surface area contributed by atoms with Crippen LogP contribution in [0.5, 0.6) is 0 Å². The van der Waals surface area contributed by atoms with Crippen LogP contribution in [0.25, 0.3) is 0 Å². The molecule has 0 spiro atoms. The van der Waals surface area contributed by atoms with Crippen LogP contribution in [0.3, 0.4) is 0 Å². The molecule has 2 saturated heterocycles. The van der Waals surface area contributed by atoms with E-state index < -0.39 is 0 Å². The lowest BCUT2D eigenvalue weighted by atomic mass is 10.0. The zero-order valence-corrected chi connectivity index (χ0v) is 11.6. The van der Waals surface area contributed by atoms with Gasteiger partial charge in [0.25, 0.3) is 0 Å². The molecular weight excluding hydrogens is 232 g/mol. The molecule has 0 aromatic rings. The summed E-state index contributed by atoms with van der Waals surface area (Å²) in [5.41, 5.74) is 0. The average molecular weight is 256 g/mol. The van der Waals surface area contributed by atoms with Crippen molar-refractivity contribution in [1.29, 1.82) is 0 Å². The van der Waals surface area contributed by atoms with Gasteiger partial charge in [0, 0.05) is 13.1 Å². The Bertz CT molecular complexity index is 248. The van der Waals surface area contributed by atoms with E-state index in [-0.39, 0.29) is 6.04 Å². The second-order valence-corrected chi connectivity index (χ2v) is 6.44. The van der Waals surface area contributed by atoms with Gasteiger partial charge in [-0.3, -0.25) is 4.79 Å². The van der Waals surface area contributed by atoms with Crippen molar-refractivity contribution >= 4 is 17.7 Å². The molecule has 0 bridgehead atoms. The molecule has 98 valence electrons. The number of thioether (sulfide) groups is 1. The number of likely N-dealkylation sites (tertiary alicyclic amines) is 1. The van der Waals surface area contributed by atoms with E-state index >= 15 is 0 Å². The first-order valence-corrected chi connectivity index (χ1v) is 8.03. The summed E-state index contributed by atoms with van der Waals surface area (Å²) in [4.78, 5) is 14.1. The third kappa shape index (κ3) is 3.88. The third-order valence-corrected chi connectivity index (χ3v) is 4.89. The van der Waals surface area contributed by atoms with Gasteiger partial charge in [0.05, 0.1) is 6.04 Å². The summed E-state index contributed by atoms with van der Waals surface area (Å²) >= 11 is 2.06. The standard InChI is InChI=1S/C13H24N2OS/c1-11(13(16)15-6-2-3-7-15)14-10-12-4-8-17-9-5-12/h11-12,14H,2-10H2,1H3. The summed E-state index contributed by atoms with van der Waals surface area (Å²) in [6.45, 7) is 4.95. The van der Waals surface area contributed by atoms with Crippen LogP contribution in [0.4, 0.5) is 0 Å². The second kappa shape index (κ2) is 6.64. The Morgan fingerprint density at radius 3 is 2.65 bits per heavy atom. The van der Waals surface area contributed by atoms with Gasteiger partial charge in [0.15, 0.2) is 0 Å². The maximum Gasteiger partial charge on any atom is 0.239 e. The highest BCUT2D eigenvalue weighted by atomic mass is 32.2. The van der Waals surface area contributed by atoms with Crippen LogP contribution in [0.1, 0.15) is 32.6 Å². The van der Waals surface area contributed by atoms with E-state index in [1.165, 1.54) is 37.2 Å². The molecular formula is C13H24N2OS. The lowest BCUT2D eigenvalue weighted by molar-refractivity contribution is -0.132. The van der Waals surface area contributed by atoms with Crippen LogP contribution >= 0.6 is 11.8 Å². The summed E-state index contributed by atoms with van der Waals surface area (Å²) in [7, 11) is 0. The zero-order valence-electron chi connectivity index (χ0n) is 10.8. The Morgan fingerprint density at radius 2 is 2.00 bits per heavy atom. The van der Waals surface area contributed by atoms with Crippen LogP contribution in [0.15, 0.2) is 0 Å². The molecule has 0 radical (unpaired) electrons. The third-order valence-electron chi connectivity index (χ3n) is 3.84. The quantitative estimate of drug-likeness (QED) is 0.831. The van der Waals surface area contributed by atoms with E-state index in [9.17, 15) is 4.79 Å². The molecule has 0 saturated carbocycles. The highest BCUT2D eigenvalue weighted by Crippen LogP contribution is 2.22. The number of nitrogens with one attached hydrogen (secondary N) is 1. The van der Waals surface area contributed by atoms with Crippen molar-refractivity contribution in [2.24, 2.45) is 5.92 Å². The summed E-state index contributed by atoms with van der Waals surface area (Å²) < 4.78 is 0. The molecule has 2 aliphatic rings. The van der Waals surface area contributed by atoms with Crippen molar-refractivity contribution < 1.29 is 4.79 Å². The summed E-state index contributed by atoms with van der Waals surface area (Å²) in [6, 6.07) is 0.00248. The van der Waals surface area contributed by atoms with E-state index in [4.69, 9.17) is 0 Å². The van der Waals surface area contributed by atoms with Gasteiger partial charge < -0.3 is 10.2 Å². The number of carbonyl (C=O) groups excluding carboxylic acids is 1. The Morgan fingerprint density at radius 1 is 1.35 bits per heavy atom. The number of nitrogens with zero attached hydrogens (tertiary/aromatic N) is 1. The van der Waals surface area contributed by atoms with Crippen LogP contribution in [-0.4, -0.2) is 48.0 Å². The molecule has 17 heavy (non-hydrogen) atoms. The van der Waals surface area contributed by atoms with E-state index in [0.29, 0.717) is 5.91 Å². The molecule has 1 amide bonds. The zero-order chi connectivity index (χ0) is 12.1. The molecule has 1 unspecified atom stereocenters. The van der Waals surface area contributed by atoms with Gasteiger partial charge in [0.2, 0.25) is 5.91 Å². The second-order valence-electron chi connectivity index (χ2n) is 5.22. The topological polar surface area (TPSA) is 32.3 Å². The predicted octanol–water partition coefficient (Wildman–Crippen LogP) is 1.73. The minimum atomic E-state index is 0.00248. The van der Waals surface area contributed by atoms with E-state index in [1.54, 1.807) is 0 Å². The van der Waals surface area contributed by atoms with Gasteiger partial charge >= 0.3 is 0 Å². The van der Waals surface area contributed by atoms with Gasteiger partial charge in [-0.15, -0.1) is 0 Å². The molecule has 1 atom stereocenters. The van der Waals surface area contributed by atoms with Gasteiger partial charge in [-0.2, -0.15) is 11.8 Å². The lowest BCUT2D eigenvalue weighted by Gasteiger charge is -2.25. The fourth-order valence-corrected chi connectivity index (χ4v) is 3.80. The minimum absolute atomic E-state index is 0.00248. The Hall–Kier alpha value is -0.220. The molecule has 0 aliphatic carbocycles. The highest BCUT2D eigenvalue weighted by molar-refractivity contribution is 7.99. The monoisotopic (exact) mass is 256 g/mol. The van der Waals surface area contributed by atoms with Gasteiger partial charge in [-0.1, -0.05) is 0 Å². The predicted molar refractivity (Wildman–Crippen MR) is 73.3 cm³/mol. The minimum Gasteiger partial charge on any atom is -0.341 e. The molecule has 2 fully saturated rings. The molecule has 2 rings (SSSR count). The molecule has 0 aromatic carbocycles. The SMILES string of the molecule is CC(NCC1CCSCC1)C(=O)N1CCCC1. The fraction of sp³-hybridized carbons (Fsp3) is 0.923. The molecule has 0 aromatic heterocycles. The van der Waals surface area contributed by atoms with Crippen molar-refractivity contribution in [2.45, 2.75) is 38.6 Å². The van der Waals surface area contributed by atoms with E-state index in [1.807, 2.05) is 11.8 Å². The van der Waals surface area contributed by atoms with Gasteiger partial charge in [-0.25, -0.2) is 0 Å². The number of carbonyl (C=O) groups is 1. The molecule has 2 aliphatic heterocycles. The largest absolute Gasteiger partial charge is 0.341 e. The van der Waals surface area contributed by atoms with Crippen molar-refractivity contribution in [3.63, 3.8) is 0 Å². The Balaban J connectivity index is 1.68. The molecule has 4 heteroatoms. The van der Waals surface area contributed by atoms with Gasteiger partial charge in [-0.05, 0) is 56.6 Å². The average Bonchev–Trinajstić information content (AvgIpc) is 2.90. The number of hydrogen-bond acceptors (Lipinski definition) is 3. The van der Waals surface area contributed by atoms with Crippen LogP contribution in [0, 0.1) is 5.92 Å². The van der Waals surface area contributed by atoms with Gasteiger partial charge in [0.1, 0.15) is 0 Å². The maximum atomic E-state index is 12.1. The van der Waals surface area contributed by atoms with E-state index in [0.717, 1.165) is 25.6 Å². The van der Waals surface area contributed by atoms with Crippen LogP contribution < -0.4 is 5.32 Å². The molecule has 3 nitrogen and oxygen atoms in total. The summed E-state index contributed by atoms with van der Waals surface area (Å²) in [5.74, 6) is 3.67. The first kappa shape index (κ1) is 13.2. The molecule has 1 N–H and O–H groups in total. The first-order chi connectivity index (χ1) is 8.27. The lowest BCUT2D eigenvalue weighted by Crippen LogP contribution is -2.45. The first-order valence-electron chi connectivity index (χ1n) is 6.87. The highest BCUT2D eigenvalue weighted by Gasteiger charge is 2.23. The van der Waals surface area contributed by atoms with Crippen LogP contribution in [0.2, 0.25) is 0 Å². The normalized spacial score (nSPS) is 23.9. The Labute approximate surface area is 109 Å². The molecule has 2 heterocycles. The number of rotatable bonds is 4. The Kier molecular flexibility index (Phi) is 5.16. The summed E-state index contributed by atoms with van der Waals surface area (Å²) in [6.07, 6.45) is 4.97. The van der Waals surface area contributed by atoms with Crippen molar-refractivity contribution in [2.75, 3.05) is 31.1 Å². The number of hydrogen-bond donors (Lipinski definition) is 1. The smallest absolute Gasteiger partial charge is 0.239 e.